The van der Waals surface area contributed by atoms with E-state index in [4.69, 9.17) is 0 Å². The molecule has 1 aromatic carbocycles. The van der Waals surface area contributed by atoms with Gasteiger partial charge in [-0.3, -0.25) is 9.59 Å². The predicted molar refractivity (Wildman–Crippen MR) is 80.2 cm³/mol. The molecule has 0 bridgehead atoms. The molecule has 0 aliphatic rings. The van der Waals surface area contributed by atoms with Crippen LogP contribution in [-0.2, 0) is 17.5 Å². The van der Waals surface area contributed by atoms with Crippen LogP contribution < -0.4 is 10.9 Å². The van der Waals surface area contributed by atoms with Crippen LogP contribution in [0, 0.1) is 13.8 Å². The van der Waals surface area contributed by atoms with Crippen molar-refractivity contribution in [3.8, 4) is 0 Å². The third kappa shape index (κ3) is 4.45. The van der Waals surface area contributed by atoms with E-state index in [1.54, 1.807) is 12.1 Å². The highest BCUT2D eigenvalue weighted by Crippen LogP contribution is 2.28. The number of aryl methyl sites for hydroxylation is 2. The lowest BCUT2D eigenvalue weighted by Gasteiger charge is -2.11. The van der Waals surface area contributed by atoms with Crippen LogP contribution in [0.15, 0.2) is 41.3 Å². The minimum absolute atomic E-state index is 0.490. The first-order valence-electron chi connectivity index (χ1n) is 6.81. The Hall–Kier alpha value is -2.57. The van der Waals surface area contributed by atoms with Gasteiger partial charge in [-0.1, -0.05) is 6.07 Å². The molecular weight excluding hydrogens is 309 g/mol. The highest BCUT2D eigenvalue weighted by Gasteiger charge is 2.31. The fraction of sp³-hybridized carbons (Fsp3) is 0.250. The summed E-state index contributed by atoms with van der Waals surface area (Å²) in [6, 6.07) is 6.89. The van der Waals surface area contributed by atoms with Gasteiger partial charge in [0, 0.05) is 18.0 Å². The molecule has 0 saturated heterocycles. The average molecular weight is 324 g/mol. The summed E-state index contributed by atoms with van der Waals surface area (Å²) in [4.78, 5) is 23.6. The molecule has 122 valence electrons. The van der Waals surface area contributed by atoms with Crippen LogP contribution in [0.4, 0.5) is 18.9 Å². The van der Waals surface area contributed by atoms with Crippen LogP contribution in [-0.4, -0.2) is 10.5 Å². The van der Waals surface area contributed by atoms with Gasteiger partial charge < -0.3 is 9.88 Å². The van der Waals surface area contributed by atoms with Gasteiger partial charge in [-0.25, -0.2) is 0 Å². The largest absolute Gasteiger partial charge is 0.417 e. The number of amides is 1. The zero-order valence-corrected chi connectivity index (χ0v) is 12.6. The Morgan fingerprint density at radius 2 is 1.74 bits per heavy atom. The zero-order valence-electron chi connectivity index (χ0n) is 12.6. The van der Waals surface area contributed by atoms with E-state index in [0.29, 0.717) is 18.0 Å². The van der Waals surface area contributed by atoms with E-state index >= 15 is 0 Å². The molecule has 0 radical (unpaired) electrons. The number of nitrogens with zero attached hydrogens (tertiary/aromatic N) is 1. The summed E-state index contributed by atoms with van der Waals surface area (Å²) in [6.07, 6.45) is -3.93. The molecule has 1 N–H and O–H groups in total. The maximum absolute atomic E-state index is 12.7. The quantitative estimate of drug-likeness (QED) is 0.943. The molecule has 7 heteroatoms. The number of halogens is 3. The maximum atomic E-state index is 12.7. The summed E-state index contributed by atoms with van der Waals surface area (Å²) in [7, 11) is 0. The van der Waals surface area contributed by atoms with E-state index < -0.39 is 29.8 Å². The van der Waals surface area contributed by atoms with Crippen LogP contribution in [0.25, 0.3) is 0 Å². The lowest BCUT2D eigenvalue weighted by atomic mass is 10.1. The first-order valence-corrected chi connectivity index (χ1v) is 6.81. The highest BCUT2D eigenvalue weighted by molar-refractivity contribution is 5.90. The van der Waals surface area contributed by atoms with Crippen molar-refractivity contribution in [2.24, 2.45) is 0 Å². The molecule has 0 saturated carbocycles. The normalized spacial score (nSPS) is 11.3. The minimum atomic E-state index is -4.57. The van der Waals surface area contributed by atoms with Gasteiger partial charge in [-0.15, -0.1) is 0 Å². The fourth-order valence-electron chi connectivity index (χ4n) is 2.22. The third-order valence-electron chi connectivity index (χ3n) is 3.13. The molecule has 0 aliphatic carbocycles. The lowest BCUT2D eigenvalue weighted by Crippen LogP contribution is -2.28. The molecule has 4 nitrogen and oxygen atoms in total. The van der Waals surface area contributed by atoms with Crippen LogP contribution in [0.2, 0.25) is 0 Å². The maximum Gasteiger partial charge on any atom is 0.417 e. The fourth-order valence-corrected chi connectivity index (χ4v) is 2.22. The van der Waals surface area contributed by atoms with E-state index in [9.17, 15) is 22.8 Å². The zero-order chi connectivity index (χ0) is 17.2. The molecule has 23 heavy (non-hydrogen) atoms. The summed E-state index contributed by atoms with van der Waals surface area (Å²) >= 11 is 0. The summed E-state index contributed by atoms with van der Waals surface area (Å²) in [5, 5.41) is 2.58. The summed E-state index contributed by atoms with van der Waals surface area (Å²) in [6.45, 7) is 3.23. The smallest absolute Gasteiger partial charge is 0.325 e. The van der Waals surface area contributed by atoms with Gasteiger partial charge in [-0.05, 0) is 43.2 Å². The number of anilines is 1. The highest BCUT2D eigenvalue weighted by atomic mass is 19.4. The molecule has 0 atom stereocenters. The first-order chi connectivity index (χ1) is 10.6. The molecule has 2 rings (SSSR count). The number of rotatable bonds is 3. The second-order valence-corrected chi connectivity index (χ2v) is 5.31. The Morgan fingerprint density at radius 3 is 2.30 bits per heavy atom. The number of pyridine rings is 1. The number of alkyl halides is 3. The number of carbonyl (C=O) groups is 1. The molecule has 1 heterocycles. The van der Waals surface area contributed by atoms with Crippen LogP contribution >= 0.6 is 0 Å². The van der Waals surface area contributed by atoms with Crippen molar-refractivity contribution in [1.82, 2.24) is 4.57 Å². The van der Waals surface area contributed by atoms with E-state index in [1.807, 2.05) is 19.9 Å². The van der Waals surface area contributed by atoms with Crippen molar-refractivity contribution in [1.29, 1.82) is 0 Å². The van der Waals surface area contributed by atoms with Gasteiger partial charge in [0.2, 0.25) is 5.91 Å². The number of benzene rings is 1. The van der Waals surface area contributed by atoms with Gasteiger partial charge in [-0.2, -0.15) is 13.2 Å². The minimum Gasteiger partial charge on any atom is -0.325 e. The van der Waals surface area contributed by atoms with Crippen molar-refractivity contribution < 1.29 is 18.0 Å². The Balaban J connectivity index is 2.18. The van der Waals surface area contributed by atoms with Crippen molar-refractivity contribution in [2.75, 3.05) is 5.32 Å². The van der Waals surface area contributed by atoms with Crippen molar-refractivity contribution >= 4 is 11.6 Å². The van der Waals surface area contributed by atoms with Crippen molar-refractivity contribution in [2.45, 2.75) is 26.6 Å². The molecule has 1 amide bonds. The summed E-state index contributed by atoms with van der Waals surface area (Å²) < 4.78 is 38.7. The Kier molecular flexibility index (Phi) is 4.58. The first kappa shape index (κ1) is 16.8. The van der Waals surface area contributed by atoms with E-state index in [2.05, 4.69) is 5.32 Å². The molecule has 1 aromatic heterocycles. The number of carbonyl (C=O) groups excluding carboxylic acids is 1. The third-order valence-corrected chi connectivity index (χ3v) is 3.13. The van der Waals surface area contributed by atoms with E-state index in [1.165, 1.54) is 0 Å². The van der Waals surface area contributed by atoms with Crippen LogP contribution in [0.3, 0.4) is 0 Å². The second-order valence-electron chi connectivity index (χ2n) is 5.31. The van der Waals surface area contributed by atoms with E-state index in [-0.39, 0.29) is 0 Å². The van der Waals surface area contributed by atoms with Crippen LogP contribution in [0.1, 0.15) is 16.7 Å². The molecule has 2 aromatic rings. The number of hydrogen-bond donors (Lipinski definition) is 1. The van der Waals surface area contributed by atoms with Crippen molar-refractivity contribution in [3.63, 3.8) is 0 Å². The molecular formula is C16H15F3N2O2. The molecule has 0 aliphatic heterocycles. The standard InChI is InChI=1S/C16H15F3N2O2/c1-10-5-11(2)7-13(6-10)20-14(22)9-21-8-12(16(17,18)19)3-4-15(21)23/h3-8H,9H2,1-2H3,(H,20,22). The van der Waals surface area contributed by atoms with Gasteiger partial charge in [0.1, 0.15) is 6.54 Å². The number of aromatic nitrogens is 1. The molecule has 0 unspecified atom stereocenters. The monoisotopic (exact) mass is 324 g/mol. The second kappa shape index (κ2) is 6.28. The Labute approximate surface area is 130 Å². The predicted octanol–water partition coefficient (Wildman–Crippen LogP) is 3.12. The number of nitrogens with one attached hydrogen (secondary N) is 1. The van der Waals surface area contributed by atoms with Gasteiger partial charge >= 0.3 is 6.18 Å². The van der Waals surface area contributed by atoms with Gasteiger partial charge in [0.05, 0.1) is 5.56 Å². The Bertz CT molecular complexity index is 774. The van der Waals surface area contributed by atoms with Crippen LogP contribution in [0.5, 0.6) is 0 Å². The summed E-state index contributed by atoms with van der Waals surface area (Å²) in [5.41, 5.74) is 0.769. The lowest BCUT2D eigenvalue weighted by molar-refractivity contribution is -0.138. The van der Waals surface area contributed by atoms with Gasteiger partial charge in [0.25, 0.3) is 5.56 Å². The summed E-state index contributed by atoms with van der Waals surface area (Å²) in [5.74, 6) is -0.573. The SMILES string of the molecule is Cc1cc(C)cc(NC(=O)Cn2cc(C(F)(F)F)ccc2=O)c1. The van der Waals surface area contributed by atoms with Gasteiger partial charge in [0.15, 0.2) is 0 Å². The topological polar surface area (TPSA) is 51.1 Å². The Morgan fingerprint density at radius 1 is 1.13 bits per heavy atom. The van der Waals surface area contributed by atoms with Crippen molar-refractivity contribution in [3.05, 3.63) is 63.6 Å². The molecule has 0 fully saturated rings. The van der Waals surface area contributed by atoms with E-state index in [0.717, 1.165) is 21.8 Å². The average Bonchev–Trinajstić information content (AvgIpc) is 2.38. The molecule has 0 spiro atoms. The number of hydrogen-bond acceptors (Lipinski definition) is 2.